The molecule has 3 N–H and O–H groups in total. The van der Waals surface area contributed by atoms with Crippen molar-refractivity contribution in [1.29, 1.82) is 0 Å². The second kappa shape index (κ2) is 7.17. The molecule has 2 aromatic carbocycles. The molecule has 4 rings (SSSR count). The smallest absolute Gasteiger partial charge is 0.248 e. The SMILES string of the molecule is NC(=O)c1ccc(C#Cc2ccccc2F)cc1CC1(NC2CC2)CCC1. The Kier molecular flexibility index (Phi) is 4.72. The van der Waals surface area contributed by atoms with Crippen molar-refractivity contribution in [3.63, 3.8) is 0 Å². The molecule has 1 amide bonds. The van der Waals surface area contributed by atoms with Crippen molar-refractivity contribution in [3.05, 3.63) is 70.5 Å². The molecule has 4 heteroatoms. The van der Waals surface area contributed by atoms with Crippen LogP contribution in [0, 0.1) is 17.7 Å². The third-order valence-electron chi connectivity index (χ3n) is 5.51. The van der Waals surface area contributed by atoms with Crippen molar-refractivity contribution in [1.82, 2.24) is 5.32 Å². The summed E-state index contributed by atoms with van der Waals surface area (Å²) in [5.41, 5.74) is 8.27. The zero-order valence-corrected chi connectivity index (χ0v) is 15.2. The van der Waals surface area contributed by atoms with Crippen LogP contribution in [0.25, 0.3) is 0 Å². The number of nitrogens with two attached hydrogens (primary N) is 1. The normalized spacial score (nSPS) is 17.5. The lowest BCUT2D eigenvalue weighted by Crippen LogP contribution is -2.53. The number of amides is 1. The van der Waals surface area contributed by atoms with Gasteiger partial charge in [-0.05, 0) is 74.4 Å². The standard InChI is InChI=1S/C23H23FN2O/c24-21-5-2-1-4-17(21)8-6-16-7-11-20(22(25)27)18(14-16)15-23(12-3-13-23)26-19-9-10-19/h1-2,4-5,7,11,14,19,26H,3,9-10,12-13,15H2,(H2,25,27). The van der Waals surface area contributed by atoms with E-state index in [2.05, 4.69) is 17.2 Å². The summed E-state index contributed by atoms with van der Waals surface area (Å²) in [5.74, 6) is 5.15. The van der Waals surface area contributed by atoms with Crippen molar-refractivity contribution >= 4 is 5.91 Å². The van der Waals surface area contributed by atoms with Gasteiger partial charge in [0, 0.05) is 22.7 Å². The summed E-state index contributed by atoms with van der Waals surface area (Å²) < 4.78 is 13.8. The molecule has 2 aliphatic carbocycles. The van der Waals surface area contributed by atoms with Gasteiger partial charge < -0.3 is 11.1 Å². The molecule has 2 aromatic rings. The second-order valence-electron chi connectivity index (χ2n) is 7.70. The average Bonchev–Trinajstić information content (AvgIpc) is 3.43. The summed E-state index contributed by atoms with van der Waals surface area (Å²) >= 11 is 0. The second-order valence-corrected chi connectivity index (χ2v) is 7.70. The van der Waals surface area contributed by atoms with Crippen molar-refractivity contribution in [2.24, 2.45) is 5.73 Å². The molecule has 2 saturated carbocycles. The van der Waals surface area contributed by atoms with Crippen LogP contribution in [0.1, 0.15) is 59.2 Å². The van der Waals surface area contributed by atoms with Gasteiger partial charge in [-0.3, -0.25) is 4.79 Å². The number of hydrogen-bond acceptors (Lipinski definition) is 2. The van der Waals surface area contributed by atoms with Gasteiger partial charge in [-0.2, -0.15) is 0 Å². The number of primary amides is 1. The summed E-state index contributed by atoms with van der Waals surface area (Å²) in [7, 11) is 0. The summed E-state index contributed by atoms with van der Waals surface area (Å²) in [4.78, 5) is 11.9. The van der Waals surface area contributed by atoms with Gasteiger partial charge in [0.1, 0.15) is 5.82 Å². The van der Waals surface area contributed by atoms with Crippen molar-refractivity contribution in [2.75, 3.05) is 0 Å². The number of halogens is 1. The van der Waals surface area contributed by atoms with Crippen molar-refractivity contribution in [2.45, 2.75) is 50.1 Å². The highest BCUT2D eigenvalue weighted by molar-refractivity contribution is 5.94. The largest absolute Gasteiger partial charge is 0.366 e. The highest BCUT2D eigenvalue weighted by Gasteiger charge is 2.41. The molecule has 0 radical (unpaired) electrons. The van der Waals surface area contributed by atoms with Crippen LogP contribution in [-0.2, 0) is 6.42 Å². The van der Waals surface area contributed by atoms with Gasteiger partial charge in [0.25, 0.3) is 0 Å². The van der Waals surface area contributed by atoms with Crippen LogP contribution < -0.4 is 11.1 Å². The van der Waals surface area contributed by atoms with Crippen LogP contribution in [0.15, 0.2) is 42.5 Å². The van der Waals surface area contributed by atoms with Gasteiger partial charge in [-0.25, -0.2) is 4.39 Å². The Bertz CT molecular complexity index is 933. The minimum absolute atomic E-state index is 0.0724. The fourth-order valence-electron chi connectivity index (χ4n) is 3.76. The van der Waals surface area contributed by atoms with Gasteiger partial charge in [-0.15, -0.1) is 0 Å². The maximum absolute atomic E-state index is 13.8. The number of hydrogen-bond donors (Lipinski definition) is 2. The molecule has 2 fully saturated rings. The topological polar surface area (TPSA) is 55.1 Å². The number of carbonyl (C=O) groups excluding carboxylic acids is 1. The van der Waals surface area contributed by atoms with Gasteiger partial charge in [0.05, 0.1) is 5.56 Å². The Morgan fingerprint density at radius 2 is 1.96 bits per heavy atom. The lowest BCUT2D eigenvalue weighted by atomic mass is 9.72. The molecule has 0 saturated heterocycles. The number of benzene rings is 2. The van der Waals surface area contributed by atoms with Gasteiger partial charge in [-0.1, -0.05) is 24.0 Å². The van der Waals surface area contributed by atoms with E-state index in [1.807, 2.05) is 6.07 Å². The van der Waals surface area contributed by atoms with Crippen molar-refractivity contribution < 1.29 is 9.18 Å². The van der Waals surface area contributed by atoms with E-state index >= 15 is 0 Å². The van der Waals surface area contributed by atoms with Crippen LogP contribution in [0.3, 0.4) is 0 Å². The number of rotatable bonds is 5. The molecule has 0 aromatic heterocycles. The third-order valence-corrected chi connectivity index (χ3v) is 5.51. The molecule has 2 aliphatic rings. The summed E-state index contributed by atoms with van der Waals surface area (Å²) in [6.45, 7) is 0. The van der Waals surface area contributed by atoms with Crippen molar-refractivity contribution in [3.8, 4) is 11.8 Å². The predicted octanol–water partition coefficient (Wildman–Crippen LogP) is 3.54. The first-order valence-electron chi connectivity index (χ1n) is 9.52. The van der Waals surface area contributed by atoms with Gasteiger partial charge in [0.15, 0.2) is 0 Å². The van der Waals surface area contributed by atoms with E-state index in [0.717, 1.165) is 30.4 Å². The molecule has 0 unspecified atom stereocenters. The van der Waals surface area contributed by atoms with E-state index in [1.165, 1.54) is 25.3 Å². The lowest BCUT2D eigenvalue weighted by molar-refractivity contribution is 0.0998. The number of carbonyl (C=O) groups is 1. The van der Waals surface area contributed by atoms with E-state index in [0.29, 0.717) is 17.2 Å². The molecule has 3 nitrogen and oxygen atoms in total. The maximum Gasteiger partial charge on any atom is 0.248 e. The highest BCUT2D eigenvalue weighted by atomic mass is 19.1. The Balaban J connectivity index is 1.63. The van der Waals surface area contributed by atoms with Crippen LogP contribution >= 0.6 is 0 Å². The molecule has 0 heterocycles. The maximum atomic E-state index is 13.8. The summed E-state index contributed by atoms with van der Waals surface area (Å²) in [6.07, 6.45) is 6.69. The molecular weight excluding hydrogens is 339 g/mol. The summed E-state index contributed by atoms with van der Waals surface area (Å²) in [5, 5.41) is 3.77. The molecule has 0 aliphatic heterocycles. The number of nitrogens with one attached hydrogen (secondary N) is 1. The zero-order chi connectivity index (χ0) is 18.9. The quantitative estimate of drug-likeness (QED) is 0.800. The van der Waals surface area contributed by atoms with Crippen LogP contribution in [0.2, 0.25) is 0 Å². The molecule has 0 bridgehead atoms. The molecular formula is C23H23FN2O. The first-order valence-corrected chi connectivity index (χ1v) is 9.52. The first kappa shape index (κ1) is 17.8. The van der Waals surface area contributed by atoms with E-state index in [-0.39, 0.29) is 11.4 Å². The van der Waals surface area contributed by atoms with Gasteiger partial charge >= 0.3 is 0 Å². The minimum Gasteiger partial charge on any atom is -0.366 e. The highest BCUT2D eigenvalue weighted by Crippen LogP contribution is 2.39. The van der Waals surface area contributed by atoms with E-state index in [1.54, 1.807) is 30.3 Å². The van der Waals surface area contributed by atoms with E-state index < -0.39 is 5.91 Å². The molecule has 0 spiro atoms. The molecule has 138 valence electrons. The Hall–Kier alpha value is -2.64. The lowest BCUT2D eigenvalue weighted by Gasteiger charge is -2.43. The Labute approximate surface area is 159 Å². The van der Waals surface area contributed by atoms with Crippen LogP contribution in [0.5, 0.6) is 0 Å². The Morgan fingerprint density at radius 1 is 1.19 bits per heavy atom. The average molecular weight is 362 g/mol. The molecule has 27 heavy (non-hydrogen) atoms. The predicted molar refractivity (Wildman–Crippen MR) is 104 cm³/mol. The fourth-order valence-corrected chi connectivity index (χ4v) is 3.76. The Morgan fingerprint density at radius 3 is 2.59 bits per heavy atom. The molecule has 0 atom stereocenters. The van der Waals surface area contributed by atoms with Crippen LogP contribution in [0.4, 0.5) is 4.39 Å². The van der Waals surface area contributed by atoms with Crippen LogP contribution in [-0.4, -0.2) is 17.5 Å². The summed E-state index contributed by atoms with van der Waals surface area (Å²) in [6, 6.07) is 12.5. The van der Waals surface area contributed by atoms with E-state index in [9.17, 15) is 9.18 Å². The van der Waals surface area contributed by atoms with Gasteiger partial charge in [0.2, 0.25) is 5.91 Å². The zero-order valence-electron chi connectivity index (χ0n) is 15.2. The third kappa shape index (κ3) is 4.04. The first-order chi connectivity index (χ1) is 13.0. The van der Waals surface area contributed by atoms with E-state index in [4.69, 9.17) is 5.73 Å². The minimum atomic E-state index is -0.417. The monoisotopic (exact) mass is 362 g/mol. The fraction of sp³-hybridized carbons (Fsp3) is 0.348.